The summed E-state index contributed by atoms with van der Waals surface area (Å²) in [6, 6.07) is 10.3. The Hall–Kier alpha value is -1.77. The van der Waals surface area contributed by atoms with Gasteiger partial charge in [0, 0.05) is 24.2 Å². The summed E-state index contributed by atoms with van der Waals surface area (Å²) in [7, 11) is 2.02. The molecule has 94 valence electrons. The van der Waals surface area contributed by atoms with Gasteiger partial charge in [0.15, 0.2) is 0 Å². The lowest BCUT2D eigenvalue weighted by molar-refractivity contribution is -0.139. The Bertz CT molecular complexity index is 639. The molecule has 3 rings (SSSR count). The molecule has 2 aromatic rings. The first-order valence-corrected chi connectivity index (χ1v) is 6.21. The number of fused-ring (bicyclic) bond motifs is 1. The van der Waals surface area contributed by atoms with Gasteiger partial charge in [0.25, 0.3) is 0 Å². The molecule has 0 aliphatic heterocycles. The first-order valence-electron chi connectivity index (χ1n) is 6.21. The number of aromatic nitrogens is 1. The molecule has 1 aliphatic carbocycles. The minimum atomic E-state index is -0.685. The number of aryl methyl sites for hydroxylation is 1. The van der Waals surface area contributed by atoms with E-state index >= 15 is 0 Å². The van der Waals surface area contributed by atoms with E-state index in [0.717, 1.165) is 5.69 Å². The van der Waals surface area contributed by atoms with Gasteiger partial charge < -0.3 is 9.67 Å². The monoisotopic (exact) mass is 243 g/mol. The van der Waals surface area contributed by atoms with Crippen molar-refractivity contribution in [3.05, 3.63) is 36.0 Å². The van der Waals surface area contributed by atoms with Gasteiger partial charge in [-0.05, 0) is 22.9 Å². The molecule has 0 bridgehead atoms. The number of carboxylic acids is 1. The van der Waals surface area contributed by atoms with E-state index in [4.69, 9.17) is 0 Å². The van der Waals surface area contributed by atoms with Crippen LogP contribution in [-0.4, -0.2) is 15.6 Å². The van der Waals surface area contributed by atoms with Crippen molar-refractivity contribution in [2.75, 3.05) is 0 Å². The van der Waals surface area contributed by atoms with E-state index in [-0.39, 0.29) is 17.3 Å². The van der Waals surface area contributed by atoms with Crippen molar-refractivity contribution >= 4 is 16.9 Å². The summed E-state index contributed by atoms with van der Waals surface area (Å²) < 4.78 is 2.13. The van der Waals surface area contributed by atoms with Gasteiger partial charge in [-0.25, -0.2) is 0 Å². The largest absolute Gasteiger partial charge is 0.481 e. The second-order valence-electron chi connectivity index (χ2n) is 5.80. The minimum Gasteiger partial charge on any atom is -0.481 e. The number of carbonyl (C=O) groups is 1. The van der Waals surface area contributed by atoms with Crippen molar-refractivity contribution in [2.24, 2.45) is 18.4 Å². The van der Waals surface area contributed by atoms with Crippen LogP contribution in [0, 0.1) is 11.3 Å². The smallest absolute Gasteiger partial charge is 0.307 e. The fraction of sp³-hybridized carbons (Fsp3) is 0.400. The molecule has 0 amide bonds. The maximum Gasteiger partial charge on any atom is 0.307 e. The highest BCUT2D eigenvalue weighted by Crippen LogP contribution is 2.64. The van der Waals surface area contributed by atoms with Crippen LogP contribution in [0.25, 0.3) is 10.9 Å². The zero-order chi connectivity index (χ0) is 13.1. The molecule has 1 N–H and O–H groups in total. The predicted molar refractivity (Wildman–Crippen MR) is 70.6 cm³/mol. The molecule has 1 aromatic heterocycles. The molecule has 3 nitrogen and oxygen atoms in total. The van der Waals surface area contributed by atoms with Gasteiger partial charge in [0.1, 0.15) is 0 Å². The Labute approximate surface area is 106 Å². The zero-order valence-electron chi connectivity index (χ0n) is 10.8. The van der Waals surface area contributed by atoms with Gasteiger partial charge in [-0.3, -0.25) is 4.79 Å². The Kier molecular flexibility index (Phi) is 2.12. The van der Waals surface area contributed by atoms with Gasteiger partial charge in [-0.2, -0.15) is 0 Å². The summed E-state index contributed by atoms with van der Waals surface area (Å²) in [6.45, 7) is 4.07. The molecular formula is C15H17NO2. The summed E-state index contributed by atoms with van der Waals surface area (Å²) in [5.41, 5.74) is 2.15. The first-order chi connectivity index (χ1) is 8.44. The Morgan fingerprint density at radius 2 is 2.00 bits per heavy atom. The molecule has 2 atom stereocenters. The van der Waals surface area contributed by atoms with E-state index < -0.39 is 5.97 Å². The summed E-state index contributed by atoms with van der Waals surface area (Å²) in [4.78, 5) is 11.3. The van der Waals surface area contributed by atoms with Crippen LogP contribution >= 0.6 is 0 Å². The molecule has 18 heavy (non-hydrogen) atoms. The van der Waals surface area contributed by atoms with E-state index in [0.29, 0.717) is 0 Å². The predicted octanol–water partition coefficient (Wildman–Crippen LogP) is 3.00. The Balaban J connectivity index is 2.12. The van der Waals surface area contributed by atoms with E-state index in [1.165, 1.54) is 10.9 Å². The molecule has 1 aliphatic rings. The molecule has 0 unspecified atom stereocenters. The molecule has 1 aromatic carbocycles. The highest BCUT2D eigenvalue weighted by atomic mass is 16.4. The third-order valence-corrected chi connectivity index (χ3v) is 4.40. The molecular weight excluding hydrogens is 226 g/mol. The van der Waals surface area contributed by atoms with Crippen LogP contribution in [0.15, 0.2) is 30.3 Å². The zero-order valence-corrected chi connectivity index (χ0v) is 10.8. The summed E-state index contributed by atoms with van der Waals surface area (Å²) in [5.74, 6) is -0.830. The van der Waals surface area contributed by atoms with Crippen molar-refractivity contribution in [1.82, 2.24) is 4.57 Å². The molecule has 1 fully saturated rings. The minimum absolute atomic E-state index is 0.118. The van der Waals surface area contributed by atoms with Crippen molar-refractivity contribution in [1.29, 1.82) is 0 Å². The van der Waals surface area contributed by atoms with Gasteiger partial charge in [0.05, 0.1) is 5.92 Å². The fourth-order valence-electron chi connectivity index (χ4n) is 3.26. The number of aliphatic carboxylic acids is 1. The molecule has 0 radical (unpaired) electrons. The lowest BCUT2D eigenvalue weighted by Crippen LogP contribution is -2.03. The van der Waals surface area contributed by atoms with Crippen molar-refractivity contribution in [3.63, 3.8) is 0 Å². The van der Waals surface area contributed by atoms with Gasteiger partial charge >= 0.3 is 5.97 Å². The molecule has 0 spiro atoms. The fourth-order valence-corrected chi connectivity index (χ4v) is 3.26. The van der Waals surface area contributed by atoms with Gasteiger partial charge in [0.2, 0.25) is 0 Å². The highest BCUT2D eigenvalue weighted by molar-refractivity contribution is 5.83. The third-order valence-electron chi connectivity index (χ3n) is 4.40. The number of carboxylic acid groups (broad SMARTS) is 1. The number of para-hydroxylation sites is 1. The molecule has 1 saturated carbocycles. The number of nitrogens with zero attached hydrogens (tertiary/aromatic N) is 1. The van der Waals surface area contributed by atoms with E-state index in [2.05, 4.69) is 22.8 Å². The average molecular weight is 243 g/mol. The summed E-state index contributed by atoms with van der Waals surface area (Å²) in [5, 5.41) is 10.5. The summed E-state index contributed by atoms with van der Waals surface area (Å²) in [6.07, 6.45) is 0. The van der Waals surface area contributed by atoms with Crippen molar-refractivity contribution in [3.8, 4) is 0 Å². The molecule has 1 heterocycles. The molecule has 3 heteroatoms. The van der Waals surface area contributed by atoms with E-state index in [9.17, 15) is 9.90 Å². The van der Waals surface area contributed by atoms with Gasteiger partial charge in [-0.1, -0.05) is 32.0 Å². The average Bonchev–Trinajstić information content (AvgIpc) is 2.73. The van der Waals surface area contributed by atoms with E-state index in [1.807, 2.05) is 33.0 Å². The maximum atomic E-state index is 11.3. The van der Waals surface area contributed by atoms with Crippen LogP contribution in [0.5, 0.6) is 0 Å². The third kappa shape index (κ3) is 1.33. The second kappa shape index (κ2) is 3.37. The van der Waals surface area contributed by atoms with Crippen molar-refractivity contribution in [2.45, 2.75) is 19.8 Å². The Morgan fingerprint density at radius 1 is 1.33 bits per heavy atom. The maximum absolute atomic E-state index is 11.3. The summed E-state index contributed by atoms with van der Waals surface area (Å²) >= 11 is 0. The highest BCUT2D eigenvalue weighted by Gasteiger charge is 2.63. The number of hydrogen-bond acceptors (Lipinski definition) is 1. The normalized spacial score (nSPS) is 25.3. The van der Waals surface area contributed by atoms with Crippen LogP contribution in [-0.2, 0) is 11.8 Å². The van der Waals surface area contributed by atoms with Crippen molar-refractivity contribution < 1.29 is 9.90 Å². The number of hydrogen-bond donors (Lipinski definition) is 1. The van der Waals surface area contributed by atoms with Crippen LogP contribution in [0.2, 0.25) is 0 Å². The van der Waals surface area contributed by atoms with Crippen LogP contribution in [0.1, 0.15) is 25.5 Å². The standard InChI is InChI=1S/C15H17NO2/c1-15(2)12(13(15)14(17)18)11-8-9-6-4-5-7-10(9)16(11)3/h4-8,12-13H,1-3H3,(H,17,18)/t12-,13+/m0/s1. The lowest BCUT2D eigenvalue weighted by Gasteiger charge is -2.05. The number of rotatable bonds is 2. The van der Waals surface area contributed by atoms with Crippen LogP contribution in [0.3, 0.4) is 0 Å². The second-order valence-corrected chi connectivity index (χ2v) is 5.80. The Morgan fingerprint density at radius 3 is 2.56 bits per heavy atom. The first kappa shape index (κ1) is 11.3. The molecule has 0 saturated heterocycles. The lowest BCUT2D eigenvalue weighted by atomic mass is 10.1. The SMILES string of the molecule is Cn1c([C@H]2[C@H](C(=O)O)C2(C)C)cc2ccccc21. The van der Waals surface area contributed by atoms with Crippen LogP contribution in [0.4, 0.5) is 0 Å². The van der Waals surface area contributed by atoms with Gasteiger partial charge in [-0.15, -0.1) is 0 Å². The number of benzene rings is 1. The van der Waals surface area contributed by atoms with Crippen LogP contribution < -0.4 is 0 Å². The van der Waals surface area contributed by atoms with E-state index in [1.54, 1.807) is 0 Å². The quantitative estimate of drug-likeness (QED) is 0.881. The topological polar surface area (TPSA) is 42.2 Å².